The summed E-state index contributed by atoms with van der Waals surface area (Å²) in [7, 11) is 0. The monoisotopic (exact) mass is 445 g/mol. The predicted octanol–water partition coefficient (Wildman–Crippen LogP) is 2.85. The molecule has 1 saturated heterocycles. The molecule has 3 N–H and O–H groups in total. The number of anilines is 2. The lowest BCUT2D eigenvalue weighted by Gasteiger charge is -2.44. The van der Waals surface area contributed by atoms with Crippen LogP contribution in [0, 0.1) is 5.92 Å². The Morgan fingerprint density at radius 1 is 1.06 bits per heavy atom. The van der Waals surface area contributed by atoms with E-state index in [1.54, 1.807) is 4.90 Å². The number of carbonyl (C=O) groups is 1. The molecule has 3 aliphatic rings. The molecule has 1 aromatic heterocycles. The number of hydrogen-bond acceptors (Lipinski definition) is 5. The number of nitrogens with one attached hydrogen (secondary N) is 1. The third-order valence-corrected chi connectivity index (χ3v) is 7.85. The SMILES string of the molecule is CCCCn1c(N)c(N(C(=O)CN2CCC[C@H]3CCCC[C@H]32)C2CCCC2)c(=O)[nH]c1=O. The number of nitrogen functional groups attached to an aromatic ring is 1. The second-order valence-corrected chi connectivity index (χ2v) is 9.92. The van der Waals surface area contributed by atoms with Gasteiger partial charge in [-0.15, -0.1) is 0 Å². The van der Waals surface area contributed by atoms with Gasteiger partial charge in [-0.05, 0) is 57.4 Å². The lowest BCUT2D eigenvalue weighted by molar-refractivity contribution is -0.121. The molecule has 0 bridgehead atoms. The zero-order chi connectivity index (χ0) is 22.7. The summed E-state index contributed by atoms with van der Waals surface area (Å²) in [6, 6.07) is 0.441. The van der Waals surface area contributed by atoms with Crippen molar-refractivity contribution in [1.82, 2.24) is 14.5 Å². The van der Waals surface area contributed by atoms with Crippen LogP contribution in [-0.2, 0) is 11.3 Å². The molecule has 178 valence electrons. The second-order valence-electron chi connectivity index (χ2n) is 9.92. The number of nitrogens with two attached hydrogens (primary N) is 1. The number of nitrogens with zero attached hydrogens (tertiary/aromatic N) is 3. The number of H-pyrrole nitrogens is 1. The van der Waals surface area contributed by atoms with Crippen LogP contribution in [0.3, 0.4) is 0 Å². The molecule has 8 heteroatoms. The minimum Gasteiger partial charge on any atom is -0.383 e. The Morgan fingerprint density at radius 3 is 2.50 bits per heavy atom. The summed E-state index contributed by atoms with van der Waals surface area (Å²) in [5.74, 6) is 0.761. The van der Waals surface area contributed by atoms with Crippen LogP contribution in [0.5, 0.6) is 0 Å². The van der Waals surface area contributed by atoms with Crippen molar-refractivity contribution in [3.63, 3.8) is 0 Å². The van der Waals surface area contributed by atoms with Crippen LogP contribution in [-0.4, -0.2) is 45.5 Å². The van der Waals surface area contributed by atoms with Gasteiger partial charge in [0.15, 0.2) is 5.69 Å². The van der Waals surface area contributed by atoms with Gasteiger partial charge in [-0.25, -0.2) is 4.79 Å². The fraction of sp³-hybridized carbons (Fsp3) is 0.792. The van der Waals surface area contributed by atoms with Crippen molar-refractivity contribution in [2.24, 2.45) is 5.92 Å². The molecule has 4 rings (SSSR count). The molecule has 3 fully saturated rings. The van der Waals surface area contributed by atoms with Gasteiger partial charge in [0, 0.05) is 18.6 Å². The first-order valence-corrected chi connectivity index (χ1v) is 12.7. The van der Waals surface area contributed by atoms with Gasteiger partial charge in [-0.3, -0.25) is 24.0 Å². The van der Waals surface area contributed by atoms with Gasteiger partial charge in [0.2, 0.25) is 5.91 Å². The van der Waals surface area contributed by atoms with Crippen LogP contribution in [0.25, 0.3) is 0 Å². The van der Waals surface area contributed by atoms with E-state index in [9.17, 15) is 14.4 Å². The van der Waals surface area contributed by atoms with Crippen molar-refractivity contribution in [1.29, 1.82) is 0 Å². The molecule has 0 spiro atoms. The number of hydrogen-bond donors (Lipinski definition) is 2. The Bertz CT molecular complexity index is 915. The number of rotatable bonds is 7. The Balaban J connectivity index is 1.65. The van der Waals surface area contributed by atoms with E-state index in [4.69, 9.17) is 5.73 Å². The summed E-state index contributed by atoms with van der Waals surface area (Å²) in [6.45, 7) is 3.74. The maximum absolute atomic E-state index is 13.8. The number of aromatic nitrogens is 2. The first-order chi connectivity index (χ1) is 15.5. The normalized spacial score (nSPS) is 24.4. The molecule has 0 radical (unpaired) electrons. The minimum atomic E-state index is -0.547. The van der Waals surface area contributed by atoms with Crippen molar-refractivity contribution in [3.05, 3.63) is 20.8 Å². The number of likely N-dealkylation sites (tertiary alicyclic amines) is 1. The Hall–Kier alpha value is -2.09. The van der Waals surface area contributed by atoms with Crippen LogP contribution in [0.4, 0.5) is 11.5 Å². The Kier molecular flexibility index (Phi) is 7.38. The molecular weight excluding hydrogens is 406 g/mol. The van der Waals surface area contributed by atoms with Gasteiger partial charge < -0.3 is 10.6 Å². The molecule has 1 aliphatic heterocycles. The highest BCUT2D eigenvalue weighted by Gasteiger charge is 2.37. The van der Waals surface area contributed by atoms with E-state index in [0.29, 0.717) is 25.0 Å². The van der Waals surface area contributed by atoms with Gasteiger partial charge in [-0.2, -0.15) is 0 Å². The van der Waals surface area contributed by atoms with Gasteiger partial charge >= 0.3 is 5.69 Å². The molecule has 0 unspecified atom stereocenters. The molecule has 1 amide bonds. The third-order valence-electron chi connectivity index (χ3n) is 7.85. The number of carbonyl (C=O) groups excluding carboxylic acids is 1. The van der Waals surface area contributed by atoms with E-state index < -0.39 is 11.2 Å². The van der Waals surface area contributed by atoms with E-state index in [0.717, 1.165) is 57.9 Å². The predicted molar refractivity (Wildman–Crippen MR) is 127 cm³/mol. The first kappa shape index (κ1) is 23.1. The largest absolute Gasteiger partial charge is 0.383 e. The fourth-order valence-corrected chi connectivity index (χ4v) is 6.20. The first-order valence-electron chi connectivity index (χ1n) is 12.7. The number of amides is 1. The maximum Gasteiger partial charge on any atom is 0.330 e. The quantitative estimate of drug-likeness (QED) is 0.672. The highest BCUT2D eigenvalue weighted by atomic mass is 16.2. The summed E-state index contributed by atoms with van der Waals surface area (Å²) in [4.78, 5) is 45.6. The summed E-state index contributed by atoms with van der Waals surface area (Å²) < 4.78 is 1.42. The zero-order valence-electron chi connectivity index (χ0n) is 19.5. The van der Waals surface area contributed by atoms with Crippen molar-refractivity contribution >= 4 is 17.4 Å². The van der Waals surface area contributed by atoms with Crippen molar-refractivity contribution in [2.45, 2.75) is 103 Å². The summed E-state index contributed by atoms with van der Waals surface area (Å²) in [6.07, 6.45) is 12.8. The molecule has 0 aromatic carbocycles. The topological polar surface area (TPSA) is 104 Å². The molecule has 2 saturated carbocycles. The van der Waals surface area contributed by atoms with Crippen LogP contribution in [0.2, 0.25) is 0 Å². The van der Waals surface area contributed by atoms with Crippen LogP contribution in [0.15, 0.2) is 9.59 Å². The number of piperidine rings is 1. The smallest absolute Gasteiger partial charge is 0.330 e. The van der Waals surface area contributed by atoms with E-state index in [2.05, 4.69) is 9.88 Å². The molecule has 2 heterocycles. The second kappa shape index (κ2) is 10.2. The number of fused-ring (bicyclic) bond motifs is 1. The standard InChI is InChI=1S/C24H39N5O3/c1-2-3-15-28-22(25)21(23(31)26-24(28)32)29(18-11-5-6-12-18)20(30)16-27-14-8-10-17-9-4-7-13-19(17)27/h17-19H,2-16,25H2,1H3,(H,26,31,32)/t17-,19-/m1/s1. The lowest BCUT2D eigenvalue weighted by Crippen LogP contribution is -2.53. The van der Waals surface area contributed by atoms with Crippen molar-refractivity contribution in [2.75, 3.05) is 23.7 Å². The highest BCUT2D eigenvalue weighted by Crippen LogP contribution is 2.36. The minimum absolute atomic E-state index is 0.0324. The average molecular weight is 446 g/mol. The van der Waals surface area contributed by atoms with E-state index in [1.165, 1.54) is 30.3 Å². The van der Waals surface area contributed by atoms with Gasteiger partial charge in [0.25, 0.3) is 5.56 Å². The number of aromatic amines is 1. The van der Waals surface area contributed by atoms with Crippen LogP contribution >= 0.6 is 0 Å². The van der Waals surface area contributed by atoms with Crippen molar-refractivity contribution < 1.29 is 4.79 Å². The van der Waals surface area contributed by atoms with E-state index >= 15 is 0 Å². The maximum atomic E-state index is 13.8. The van der Waals surface area contributed by atoms with Gasteiger partial charge in [-0.1, -0.05) is 39.0 Å². The molecular formula is C24H39N5O3. The average Bonchev–Trinajstić information content (AvgIpc) is 3.31. The highest BCUT2D eigenvalue weighted by molar-refractivity contribution is 5.97. The molecule has 32 heavy (non-hydrogen) atoms. The zero-order valence-corrected chi connectivity index (χ0v) is 19.5. The van der Waals surface area contributed by atoms with Gasteiger partial charge in [0.1, 0.15) is 5.82 Å². The van der Waals surface area contributed by atoms with E-state index in [1.807, 2.05) is 6.92 Å². The summed E-state index contributed by atoms with van der Waals surface area (Å²) in [5.41, 5.74) is 5.54. The summed E-state index contributed by atoms with van der Waals surface area (Å²) in [5, 5.41) is 0. The van der Waals surface area contributed by atoms with Gasteiger partial charge in [0.05, 0.1) is 6.54 Å². The Labute approximate surface area is 190 Å². The summed E-state index contributed by atoms with van der Waals surface area (Å²) >= 11 is 0. The van der Waals surface area contributed by atoms with E-state index in [-0.39, 0.29) is 23.5 Å². The molecule has 8 nitrogen and oxygen atoms in total. The van der Waals surface area contributed by atoms with Crippen LogP contribution < -0.4 is 21.9 Å². The third kappa shape index (κ3) is 4.65. The van der Waals surface area contributed by atoms with Crippen molar-refractivity contribution in [3.8, 4) is 0 Å². The lowest BCUT2D eigenvalue weighted by atomic mass is 9.78. The molecule has 1 aromatic rings. The van der Waals surface area contributed by atoms with Crippen LogP contribution in [0.1, 0.15) is 84.0 Å². The number of unbranched alkanes of at least 4 members (excludes halogenated alkanes) is 1. The molecule has 2 atom stereocenters. The molecule has 2 aliphatic carbocycles. The fourth-order valence-electron chi connectivity index (χ4n) is 6.20. The Morgan fingerprint density at radius 2 is 1.75 bits per heavy atom.